The quantitative estimate of drug-likeness (QED) is 0.496. The number of hydrogen-bond donors (Lipinski definition) is 0. The molecule has 1 aliphatic rings. The van der Waals surface area contributed by atoms with E-state index in [0.717, 1.165) is 51.0 Å². The molecule has 1 fully saturated rings. The summed E-state index contributed by atoms with van der Waals surface area (Å²) in [4.78, 5) is 17.1. The van der Waals surface area contributed by atoms with E-state index in [9.17, 15) is 4.79 Å². The fourth-order valence-electron chi connectivity index (χ4n) is 3.64. The van der Waals surface area contributed by atoms with E-state index in [1.807, 2.05) is 36.4 Å². The average Bonchev–Trinajstić information content (AvgIpc) is 2.68. The zero-order valence-corrected chi connectivity index (χ0v) is 16.6. The molecule has 144 valence electrons. The molecule has 0 heterocycles. The van der Waals surface area contributed by atoms with Crippen LogP contribution in [0.3, 0.4) is 0 Å². The third-order valence-corrected chi connectivity index (χ3v) is 5.38. The molecular formula is C22H34N2O2. The van der Waals surface area contributed by atoms with E-state index >= 15 is 0 Å². The topological polar surface area (TPSA) is 32.8 Å². The van der Waals surface area contributed by atoms with Crippen LogP contribution < -0.4 is 0 Å². The van der Waals surface area contributed by atoms with Crippen LogP contribution in [0.15, 0.2) is 36.4 Å². The molecule has 0 radical (unpaired) electrons. The molecule has 1 aliphatic carbocycles. The molecule has 0 N–H and O–H groups in total. The van der Waals surface area contributed by atoms with Crippen LogP contribution in [0.1, 0.15) is 45.1 Å². The maximum Gasteiger partial charge on any atom is 0.331 e. The Morgan fingerprint density at radius 2 is 1.81 bits per heavy atom. The Morgan fingerprint density at radius 3 is 2.50 bits per heavy atom. The number of esters is 1. The number of rotatable bonds is 9. The molecule has 0 bridgehead atoms. The fourth-order valence-corrected chi connectivity index (χ4v) is 3.64. The minimum Gasteiger partial charge on any atom is -0.458 e. The maximum absolute atomic E-state index is 12.3. The molecule has 4 heteroatoms. The van der Waals surface area contributed by atoms with Gasteiger partial charge in [-0.15, -0.1) is 0 Å². The zero-order valence-electron chi connectivity index (χ0n) is 16.6. The highest BCUT2D eigenvalue weighted by Gasteiger charge is 2.30. The van der Waals surface area contributed by atoms with Gasteiger partial charge in [-0.25, -0.2) is 4.79 Å². The van der Waals surface area contributed by atoms with Gasteiger partial charge in [-0.1, -0.05) is 50.6 Å². The molecule has 1 aromatic carbocycles. The largest absolute Gasteiger partial charge is 0.458 e. The highest BCUT2D eigenvalue weighted by Crippen LogP contribution is 2.25. The Hall–Kier alpha value is -1.65. The van der Waals surface area contributed by atoms with E-state index in [2.05, 4.69) is 30.7 Å². The first-order valence-electron chi connectivity index (χ1n) is 10.00. The van der Waals surface area contributed by atoms with E-state index in [-0.39, 0.29) is 12.1 Å². The van der Waals surface area contributed by atoms with Gasteiger partial charge in [0.25, 0.3) is 0 Å². The summed E-state index contributed by atoms with van der Waals surface area (Å²) in [5.74, 6) is -0.233. The van der Waals surface area contributed by atoms with Crippen molar-refractivity contribution >= 4 is 12.0 Å². The van der Waals surface area contributed by atoms with E-state index in [1.165, 1.54) is 6.42 Å². The smallest absolute Gasteiger partial charge is 0.331 e. The third-order valence-electron chi connectivity index (χ3n) is 5.38. The van der Waals surface area contributed by atoms with Crippen molar-refractivity contribution in [2.75, 3.05) is 33.2 Å². The molecule has 0 saturated heterocycles. The van der Waals surface area contributed by atoms with Gasteiger partial charge in [-0.05, 0) is 51.0 Å². The minimum atomic E-state index is -0.233. The Morgan fingerprint density at radius 1 is 1.12 bits per heavy atom. The van der Waals surface area contributed by atoms with E-state index < -0.39 is 0 Å². The summed E-state index contributed by atoms with van der Waals surface area (Å²) in [5, 5.41) is 0. The molecule has 1 aromatic rings. The van der Waals surface area contributed by atoms with Gasteiger partial charge in [0.05, 0.1) is 0 Å². The van der Waals surface area contributed by atoms with Crippen LogP contribution in [-0.2, 0) is 9.53 Å². The van der Waals surface area contributed by atoms with Gasteiger partial charge in [0.15, 0.2) is 0 Å². The summed E-state index contributed by atoms with van der Waals surface area (Å²) in [5.41, 5.74) is 1.01. The van der Waals surface area contributed by atoms with Crippen LogP contribution in [0, 0.1) is 0 Å². The molecule has 2 rings (SSSR count). The van der Waals surface area contributed by atoms with Gasteiger partial charge in [-0.3, -0.25) is 4.90 Å². The Bertz CT molecular complexity index is 555. The van der Waals surface area contributed by atoms with Gasteiger partial charge in [0, 0.05) is 25.2 Å². The number of likely N-dealkylation sites (N-methyl/N-ethyl adjacent to an activating group) is 2. The van der Waals surface area contributed by atoms with Crippen LogP contribution >= 0.6 is 0 Å². The molecule has 26 heavy (non-hydrogen) atoms. The summed E-state index contributed by atoms with van der Waals surface area (Å²) >= 11 is 0. The zero-order chi connectivity index (χ0) is 18.8. The van der Waals surface area contributed by atoms with Crippen molar-refractivity contribution in [3.05, 3.63) is 42.0 Å². The fraction of sp³-hybridized carbons (Fsp3) is 0.591. The number of ether oxygens (including phenoxy) is 1. The second-order valence-electron chi connectivity index (χ2n) is 7.08. The molecule has 0 aromatic heterocycles. The second kappa shape index (κ2) is 11.1. The van der Waals surface area contributed by atoms with Gasteiger partial charge < -0.3 is 9.64 Å². The monoisotopic (exact) mass is 358 g/mol. The summed E-state index contributed by atoms with van der Waals surface area (Å²) in [6.45, 7) is 8.64. The molecule has 0 spiro atoms. The second-order valence-corrected chi connectivity index (χ2v) is 7.08. The van der Waals surface area contributed by atoms with Crippen molar-refractivity contribution in [1.29, 1.82) is 0 Å². The summed E-state index contributed by atoms with van der Waals surface area (Å²) in [6.07, 6.45) is 7.80. The predicted octanol–water partition coefficient (Wildman–Crippen LogP) is 3.83. The molecule has 0 unspecified atom stereocenters. The number of carbonyl (C=O) groups excluding carboxylic acids is 1. The van der Waals surface area contributed by atoms with Crippen LogP contribution in [0.5, 0.6) is 0 Å². The van der Waals surface area contributed by atoms with Gasteiger partial charge in [0.1, 0.15) is 6.10 Å². The van der Waals surface area contributed by atoms with Crippen molar-refractivity contribution in [3.8, 4) is 0 Å². The standard InChI is InChI=1S/C22H34N2O2/c1-4-24(5-2)18-17-23(3)20-13-9-10-14-21(20)26-22(25)16-15-19-11-7-6-8-12-19/h6-8,11-12,15-16,20-21H,4-5,9-10,13-14,17-18H2,1-3H3/b16-15+/t20-,21-/m1/s1. The lowest BCUT2D eigenvalue weighted by Crippen LogP contribution is -2.47. The number of nitrogens with zero attached hydrogens (tertiary/aromatic N) is 2. The molecule has 0 amide bonds. The first-order valence-corrected chi connectivity index (χ1v) is 10.00. The van der Waals surface area contributed by atoms with Crippen LogP contribution in [0.2, 0.25) is 0 Å². The molecule has 4 nitrogen and oxygen atoms in total. The van der Waals surface area contributed by atoms with Crippen LogP contribution in [-0.4, -0.2) is 61.1 Å². The van der Waals surface area contributed by atoms with Crippen molar-refractivity contribution in [2.24, 2.45) is 0 Å². The molecule has 2 atom stereocenters. The van der Waals surface area contributed by atoms with Crippen LogP contribution in [0.25, 0.3) is 6.08 Å². The lowest BCUT2D eigenvalue weighted by atomic mass is 9.91. The van der Waals surface area contributed by atoms with Gasteiger partial charge in [0.2, 0.25) is 0 Å². The van der Waals surface area contributed by atoms with Crippen molar-refractivity contribution in [2.45, 2.75) is 51.7 Å². The Balaban J connectivity index is 1.88. The summed E-state index contributed by atoms with van der Waals surface area (Å²) < 4.78 is 5.83. The Kier molecular flexibility index (Phi) is 8.86. The maximum atomic E-state index is 12.3. The first kappa shape index (κ1) is 20.7. The van der Waals surface area contributed by atoms with Gasteiger partial charge >= 0.3 is 5.97 Å². The average molecular weight is 359 g/mol. The van der Waals surface area contributed by atoms with E-state index in [1.54, 1.807) is 6.08 Å². The summed E-state index contributed by atoms with van der Waals surface area (Å²) in [6, 6.07) is 10.2. The lowest BCUT2D eigenvalue weighted by molar-refractivity contribution is -0.148. The van der Waals surface area contributed by atoms with E-state index in [0.29, 0.717) is 6.04 Å². The highest BCUT2D eigenvalue weighted by atomic mass is 16.5. The molecule has 1 saturated carbocycles. The summed E-state index contributed by atoms with van der Waals surface area (Å²) in [7, 11) is 2.17. The number of hydrogen-bond acceptors (Lipinski definition) is 4. The minimum absolute atomic E-state index is 0.00150. The van der Waals surface area contributed by atoms with Crippen LogP contribution in [0.4, 0.5) is 0 Å². The van der Waals surface area contributed by atoms with Gasteiger partial charge in [-0.2, -0.15) is 0 Å². The van der Waals surface area contributed by atoms with E-state index in [4.69, 9.17) is 4.74 Å². The lowest BCUT2D eigenvalue weighted by Gasteiger charge is -2.38. The molecule has 0 aliphatic heterocycles. The third kappa shape index (κ3) is 6.58. The van der Waals surface area contributed by atoms with Crippen molar-refractivity contribution < 1.29 is 9.53 Å². The first-order chi connectivity index (χ1) is 12.6. The normalized spacial score (nSPS) is 20.8. The predicted molar refractivity (Wildman–Crippen MR) is 108 cm³/mol. The SMILES string of the molecule is CCN(CC)CCN(C)[C@@H]1CCCC[C@H]1OC(=O)/C=C/c1ccccc1. The van der Waals surface area contributed by atoms with Crippen molar-refractivity contribution in [1.82, 2.24) is 9.80 Å². The Labute approximate surface area is 158 Å². The highest BCUT2D eigenvalue weighted by molar-refractivity contribution is 5.87. The molecular weight excluding hydrogens is 324 g/mol. The van der Waals surface area contributed by atoms with Crippen molar-refractivity contribution in [3.63, 3.8) is 0 Å². The number of carbonyl (C=O) groups is 1. The number of benzene rings is 1.